The number of hydrogen-bond donors (Lipinski definition) is 2. The number of amides is 2. The molecule has 126 valence electrons. The van der Waals surface area contributed by atoms with Gasteiger partial charge in [0.1, 0.15) is 0 Å². The van der Waals surface area contributed by atoms with E-state index in [0.29, 0.717) is 5.69 Å². The zero-order chi connectivity index (χ0) is 17.6. The van der Waals surface area contributed by atoms with Crippen molar-refractivity contribution in [1.82, 2.24) is 5.32 Å². The van der Waals surface area contributed by atoms with Gasteiger partial charge in [-0.05, 0) is 26.0 Å². The van der Waals surface area contributed by atoms with Gasteiger partial charge in [-0.15, -0.1) is 0 Å². The van der Waals surface area contributed by atoms with Crippen LogP contribution in [0.5, 0.6) is 0 Å². The molecule has 0 unspecified atom stereocenters. The molecule has 0 saturated heterocycles. The molecular weight excluding hydrogens is 296 g/mol. The Bertz CT molecular complexity index is 589. The summed E-state index contributed by atoms with van der Waals surface area (Å²) in [7, 11) is 0. The van der Waals surface area contributed by atoms with Crippen LogP contribution in [0, 0.1) is 5.41 Å². The van der Waals surface area contributed by atoms with Gasteiger partial charge in [0.05, 0.1) is 11.3 Å². The Kier molecular flexibility index (Phi) is 6.30. The Labute approximate surface area is 136 Å². The monoisotopic (exact) mass is 320 g/mol. The molecule has 2 amide bonds. The number of carbonyl (C=O) groups excluding carboxylic acids is 3. The quantitative estimate of drug-likeness (QED) is 0.817. The number of ether oxygens (including phenoxy) is 1. The first kappa shape index (κ1) is 18.7. The van der Waals surface area contributed by atoms with Gasteiger partial charge in [-0.25, -0.2) is 9.59 Å². The highest BCUT2D eigenvalue weighted by Crippen LogP contribution is 2.18. The van der Waals surface area contributed by atoms with Crippen molar-refractivity contribution in [3.8, 4) is 0 Å². The topological polar surface area (TPSA) is 84.5 Å². The Morgan fingerprint density at radius 1 is 1.13 bits per heavy atom. The van der Waals surface area contributed by atoms with Crippen molar-refractivity contribution in [2.24, 2.45) is 5.41 Å². The number of urea groups is 1. The summed E-state index contributed by atoms with van der Waals surface area (Å²) in [6, 6.07) is 6.05. The van der Waals surface area contributed by atoms with E-state index in [9.17, 15) is 14.4 Å². The lowest BCUT2D eigenvalue weighted by Crippen LogP contribution is -2.34. The molecule has 0 fully saturated rings. The molecule has 0 heterocycles. The second kappa shape index (κ2) is 7.76. The van der Waals surface area contributed by atoms with Crippen LogP contribution in [0.3, 0.4) is 0 Å². The zero-order valence-corrected chi connectivity index (χ0v) is 14.2. The van der Waals surface area contributed by atoms with Gasteiger partial charge in [0.25, 0.3) is 0 Å². The highest BCUT2D eigenvalue weighted by molar-refractivity contribution is 6.01. The van der Waals surface area contributed by atoms with E-state index in [-0.39, 0.29) is 24.0 Å². The van der Waals surface area contributed by atoms with E-state index in [4.69, 9.17) is 4.74 Å². The maximum absolute atomic E-state index is 12.2. The number of carbonyl (C=O) groups is 3. The predicted octanol–water partition coefficient (Wildman–Crippen LogP) is 2.99. The molecule has 23 heavy (non-hydrogen) atoms. The lowest BCUT2D eigenvalue weighted by Gasteiger charge is -2.17. The van der Waals surface area contributed by atoms with Gasteiger partial charge in [-0.2, -0.15) is 0 Å². The second-order valence-corrected chi connectivity index (χ2v) is 6.55. The molecule has 6 nitrogen and oxygen atoms in total. The molecule has 0 aromatic heterocycles. The average molecular weight is 320 g/mol. The van der Waals surface area contributed by atoms with Crippen LogP contribution in [0.15, 0.2) is 24.3 Å². The molecule has 2 N–H and O–H groups in total. The maximum atomic E-state index is 12.2. The molecule has 1 aromatic carbocycles. The maximum Gasteiger partial charge on any atom is 0.340 e. The van der Waals surface area contributed by atoms with Gasteiger partial charge < -0.3 is 15.4 Å². The van der Waals surface area contributed by atoms with Crippen molar-refractivity contribution in [1.29, 1.82) is 0 Å². The van der Waals surface area contributed by atoms with E-state index in [1.165, 1.54) is 6.07 Å². The summed E-state index contributed by atoms with van der Waals surface area (Å²) in [5.74, 6) is -0.822. The third-order valence-electron chi connectivity index (χ3n) is 2.99. The fourth-order valence-electron chi connectivity index (χ4n) is 1.62. The molecular formula is C17H24N2O4. The SMILES string of the molecule is CC(C)NC(=O)Nc1ccccc1C(=O)OCC(=O)C(C)(C)C. The molecule has 0 bridgehead atoms. The van der Waals surface area contributed by atoms with E-state index in [1.54, 1.807) is 39.0 Å². The fraction of sp³-hybridized carbons (Fsp3) is 0.471. The number of esters is 1. The van der Waals surface area contributed by atoms with Crippen LogP contribution in [0.2, 0.25) is 0 Å². The van der Waals surface area contributed by atoms with E-state index < -0.39 is 17.4 Å². The molecule has 0 radical (unpaired) electrons. The molecule has 0 aliphatic carbocycles. The number of anilines is 1. The van der Waals surface area contributed by atoms with Crippen molar-refractivity contribution < 1.29 is 19.1 Å². The normalized spacial score (nSPS) is 11.0. The number of ketones is 1. The molecule has 1 rings (SSSR count). The highest BCUT2D eigenvalue weighted by atomic mass is 16.5. The van der Waals surface area contributed by atoms with Gasteiger partial charge in [-0.3, -0.25) is 4.79 Å². The van der Waals surface area contributed by atoms with E-state index in [1.807, 2.05) is 13.8 Å². The van der Waals surface area contributed by atoms with Gasteiger partial charge in [-0.1, -0.05) is 32.9 Å². The molecule has 1 aromatic rings. The zero-order valence-electron chi connectivity index (χ0n) is 14.2. The largest absolute Gasteiger partial charge is 0.454 e. The summed E-state index contributed by atoms with van der Waals surface area (Å²) in [6.45, 7) is 8.64. The van der Waals surface area contributed by atoms with Crippen molar-refractivity contribution >= 4 is 23.5 Å². The van der Waals surface area contributed by atoms with E-state index in [2.05, 4.69) is 10.6 Å². The van der Waals surface area contributed by atoms with Crippen LogP contribution in [0.25, 0.3) is 0 Å². The van der Waals surface area contributed by atoms with Crippen molar-refractivity contribution in [2.75, 3.05) is 11.9 Å². The van der Waals surface area contributed by atoms with Gasteiger partial charge in [0, 0.05) is 11.5 Å². The molecule has 0 aliphatic heterocycles. The smallest absolute Gasteiger partial charge is 0.340 e. The first-order valence-corrected chi connectivity index (χ1v) is 7.48. The number of rotatable bonds is 5. The Morgan fingerprint density at radius 2 is 1.74 bits per heavy atom. The van der Waals surface area contributed by atoms with Crippen molar-refractivity contribution in [2.45, 2.75) is 40.7 Å². The van der Waals surface area contributed by atoms with Crippen molar-refractivity contribution in [3.63, 3.8) is 0 Å². The summed E-state index contributed by atoms with van der Waals surface area (Å²) >= 11 is 0. The van der Waals surface area contributed by atoms with E-state index in [0.717, 1.165) is 0 Å². The van der Waals surface area contributed by atoms with Crippen LogP contribution in [-0.4, -0.2) is 30.4 Å². The molecule has 0 saturated carbocycles. The Morgan fingerprint density at radius 3 is 2.30 bits per heavy atom. The van der Waals surface area contributed by atoms with Gasteiger partial charge in [0.2, 0.25) is 0 Å². The first-order valence-electron chi connectivity index (χ1n) is 7.48. The standard InChI is InChI=1S/C17H24N2O4/c1-11(2)18-16(22)19-13-9-7-6-8-12(13)15(21)23-10-14(20)17(3,4)5/h6-9,11H,10H2,1-5H3,(H2,18,19,22). The highest BCUT2D eigenvalue weighted by Gasteiger charge is 2.23. The molecule has 6 heteroatoms. The van der Waals surface area contributed by atoms with Crippen LogP contribution >= 0.6 is 0 Å². The minimum absolute atomic E-state index is 0.0291. The summed E-state index contributed by atoms with van der Waals surface area (Å²) in [4.78, 5) is 35.7. The third kappa shape index (κ3) is 6.10. The molecule has 0 atom stereocenters. The minimum atomic E-state index is -0.650. The van der Waals surface area contributed by atoms with E-state index >= 15 is 0 Å². The van der Waals surface area contributed by atoms with Crippen molar-refractivity contribution in [3.05, 3.63) is 29.8 Å². The number of para-hydroxylation sites is 1. The number of Topliss-reactive ketones (excluding diaryl/α,β-unsaturated/α-hetero) is 1. The number of nitrogens with one attached hydrogen (secondary N) is 2. The fourth-order valence-corrected chi connectivity index (χ4v) is 1.62. The van der Waals surface area contributed by atoms with Gasteiger partial charge in [0.15, 0.2) is 12.4 Å². The van der Waals surface area contributed by atoms with Crippen LogP contribution in [0.4, 0.5) is 10.5 Å². The molecule has 0 aliphatic rings. The summed E-state index contributed by atoms with van der Waals surface area (Å²) < 4.78 is 5.06. The summed E-state index contributed by atoms with van der Waals surface area (Å²) in [6.07, 6.45) is 0. The molecule has 0 spiro atoms. The Balaban J connectivity index is 2.78. The summed E-state index contributed by atoms with van der Waals surface area (Å²) in [5.41, 5.74) is -0.0400. The predicted molar refractivity (Wildman–Crippen MR) is 88.5 cm³/mol. The first-order chi connectivity index (χ1) is 10.6. The van der Waals surface area contributed by atoms with Crippen LogP contribution in [-0.2, 0) is 9.53 Å². The Hall–Kier alpha value is -2.37. The van der Waals surface area contributed by atoms with Gasteiger partial charge >= 0.3 is 12.0 Å². The third-order valence-corrected chi connectivity index (χ3v) is 2.99. The number of benzene rings is 1. The lowest BCUT2D eigenvalue weighted by atomic mass is 9.91. The average Bonchev–Trinajstić information content (AvgIpc) is 2.42. The minimum Gasteiger partial charge on any atom is -0.454 e. The van der Waals surface area contributed by atoms with Crippen LogP contribution in [0.1, 0.15) is 45.0 Å². The second-order valence-electron chi connectivity index (χ2n) is 6.55. The lowest BCUT2D eigenvalue weighted by molar-refractivity contribution is -0.129. The summed E-state index contributed by atoms with van der Waals surface area (Å²) in [5, 5.41) is 5.28. The number of hydrogen-bond acceptors (Lipinski definition) is 4. The van der Waals surface area contributed by atoms with Crippen LogP contribution < -0.4 is 10.6 Å².